The Kier molecular flexibility index (Phi) is 6.24. The van der Waals surface area contributed by atoms with E-state index < -0.39 is 6.10 Å². The summed E-state index contributed by atoms with van der Waals surface area (Å²) < 4.78 is 0.753. The number of hydrogen-bond donors (Lipinski definition) is 2. The minimum Gasteiger partial charge on any atom is -0.392 e. The van der Waals surface area contributed by atoms with Crippen molar-refractivity contribution >= 4 is 27.7 Å². The molecule has 0 bridgehead atoms. The molecule has 0 spiro atoms. The van der Waals surface area contributed by atoms with Gasteiger partial charge in [-0.2, -0.15) is 0 Å². The third-order valence-corrected chi connectivity index (χ3v) is 2.95. The van der Waals surface area contributed by atoms with Gasteiger partial charge in [-0.1, -0.05) is 6.92 Å². The van der Waals surface area contributed by atoms with Gasteiger partial charge >= 0.3 is 0 Å². The highest BCUT2D eigenvalue weighted by atomic mass is 79.9. The summed E-state index contributed by atoms with van der Waals surface area (Å²) in [6.07, 6.45) is 2.05. The molecule has 0 saturated carbocycles. The van der Waals surface area contributed by atoms with Crippen LogP contribution in [0.1, 0.15) is 30.6 Å². The summed E-state index contributed by atoms with van der Waals surface area (Å²) in [7, 11) is 1.67. The summed E-state index contributed by atoms with van der Waals surface area (Å²) in [4.78, 5) is 18.1. The first kappa shape index (κ1) is 15.9. The van der Waals surface area contributed by atoms with Gasteiger partial charge in [0.25, 0.3) is 5.91 Å². The molecule has 1 unspecified atom stereocenters. The third-order valence-electron chi connectivity index (χ3n) is 2.51. The van der Waals surface area contributed by atoms with Crippen molar-refractivity contribution in [1.82, 2.24) is 9.88 Å². The zero-order valence-electron chi connectivity index (χ0n) is 11.5. The van der Waals surface area contributed by atoms with E-state index in [0.29, 0.717) is 17.9 Å². The molecular formula is C13H20BrN3O2. The van der Waals surface area contributed by atoms with E-state index in [1.165, 1.54) is 4.90 Å². The van der Waals surface area contributed by atoms with Gasteiger partial charge in [-0.15, -0.1) is 0 Å². The van der Waals surface area contributed by atoms with Crippen molar-refractivity contribution in [3.63, 3.8) is 0 Å². The maximum Gasteiger partial charge on any atom is 0.257 e. The van der Waals surface area contributed by atoms with Crippen LogP contribution < -0.4 is 5.32 Å². The molecule has 2 N–H and O–H groups in total. The van der Waals surface area contributed by atoms with Gasteiger partial charge in [-0.05, 0) is 35.3 Å². The predicted molar refractivity (Wildman–Crippen MR) is 79.4 cm³/mol. The number of rotatable bonds is 6. The van der Waals surface area contributed by atoms with E-state index >= 15 is 0 Å². The number of anilines is 1. The Bertz CT molecular complexity index is 438. The maximum absolute atomic E-state index is 12.3. The zero-order chi connectivity index (χ0) is 14.4. The molecule has 6 heteroatoms. The molecule has 1 rings (SSSR count). The number of likely N-dealkylation sites (N-methyl/N-ethyl adjacent to an activating group) is 1. The molecular weight excluding hydrogens is 310 g/mol. The highest BCUT2D eigenvalue weighted by molar-refractivity contribution is 9.10. The second-order valence-corrected chi connectivity index (χ2v) is 5.43. The van der Waals surface area contributed by atoms with Gasteiger partial charge in [0.05, 0.1) is 11.7 Å². The van der Waals surface area contributed by atoms with Crippen LogP contribution in [0.3, 0.4) is 0 Å². The monoisotopic (exact) mass is 329 g/mol. The molecule has 1 aromatic rings. The highest BCUT2D eigenvalue weighted by Gasteiger charge is 2.18. The average molecular weight is 330 g/mol. The Morgan fingerprint density at radius 1 is 1.63 bits per heavy atom. The average Bonchev–Trinajstić information content (AvgIpc) is 2.35. The molecule has 1 atom stereocenters. The molecule has 1 amide bonds. The molecule has 5 nitrogen and oxygen atoms in total. The number of halogens is 1. The largest absolute Gasteiger partial charge is 0.392 e. The molecule has 19 heavy (non-hydrogen) atoms. The molecule has 0 aromatic carbocycles. The normalized spacial score (nSPS) is 12.1. The van der Waals surface area contributed by atoms with Crippen molar-refractivity contribution in [2.24, 2.45) is 0 Å². The Labute approximate surface area is 122 Å². The van der Waals surface area contributed by atoms with Gasteiger partial charge in [-0.3, -0.25) is 4.79 Å². The summed E-state index contributed by atoms with van der Waals surface area (Å²) in [6.45, 7) is 4.75. The van der Waals surface area contributed by atoms with Gasteiger partial charge in [-0.25, -0.2) is 4.98 Å². The van der Waals surface area contributed by atoms with Crippen LogP contribution in [0, 0.1) is 0 Å². The van der Waals surface area contributed by atoms with Crippen LogP contribution >= 0.6 is 15.9 Å². The van der Waals surface area contributed by atoms with Crippen LogP contribution in [-0.4, -0.2) is 47.1 Å². The number of nitrogens with one attached hydrogen (secondary N) is 1. The number of carbonyl (C=O) groups is 1. The summed E-state index contributed by atoms with van der Waals surface area (Å²) in [5.74, 6) is 0.417. The van der Waals surface area contributed by atoms with E-state index in [2.05, 4.69) is 26.2 Å². The fourth-order valence-corrected chi connectivity index (χ4v) is 2.00. The number of carbonyl (C=O) groups excluding carboxylic acids is 1. The standard InChI is InChI=1S/C13H20BrN3O2/c1-4-5-15-12-11(6-10(14)7-16-12)13(19)17(3)8-9(2)18/h6-7,9,18H,4-5,8H2,1-3H3,(H,15,16). The van der Waals surface area contributed by atoms with Crippen molar-refractivity contribution in [1.29, 1.82) is 0 Å². The fraction of sp³-hybridized carbons (Fsp3) is 0.538. The SMILES string of the molecule is CCCNc1ncc(Br)cc1C(=O)N(C)CC(C)O. The first-order valence-corrected chi connectivity index (χ1v) is 7.08. The lowest BCUT2D eigenvalue weighted by Gasteiger charge is -2.20. The molecule has 1 aromatic heterocycles. The van der Waals surface area contributed by atoms with Crippen molar-refractivity contribution in [3.05, 3.63) is 22.3 Å². The molecule has 0 radical (unpaired) electrons. The summed E-state index contributed by atoms with van der Waals surface area (Å²) >= 11 is 3.32. The Hall–Kier alpha value is -1.14. The van der Waals surface area contributed by atoms with E-state index in [9.17, 15) is 9.90 Å². The number of hydrogen-bond acceptors (Lipinski definition) is 4. The lowest BCUT2D eigenvalue weighted by molar-refractivity contribution is 0.0704. The van der Waals surface area contributed by atoms with Crippen molar-refractivity contribution in [3.8, 4) is 0 Å². The summed E-state index contributed by atoms with van der Waals surface area (Å²) in [6, 6.07) is 1.74. The lowest BCUT2D eigenvalue weighted by Crippen LogP contribution is -2.33. The smallest absolute Gasteiger partial charge is 0.257 e. The lowest BCUT2D eigenvalue weighted by atomic mass is 10.2. The van der Waals surface area contributed by atoms with Crippen LogP contribution in [0.5, 0.6) is 0 Å². The van der Waals surface area contributed by atoms with Gasteiger partial charge in [0, 0.05) is 30.8 Å². The Morgan fingerprint density at radius 3 is 2.89 bits per heavy atom. The topological polar surface area (TPSA) is 65.5 Å². The van der Waals surface area contributed by atoms with Crippen LogP contribution in [0.4, 0.5) is 5.82 Å². The quantitative estimate of drug-likeness (QED) is 0.839. The number of aliphatic hydroxyl groups excluding tert-OH is 1. The molecule has 0 aliphatic heterocycles. The predicted octanol–water partition coefficient (Wildman–Crippen LogP) is 2.12. The molecule has 106 valence electrons. The molecule has 0 saturated heterocycles. The highest BCUT2D eigenvalue weighted by Crippen LogP contribution is 2.19. The molecule has 1 heterocycles. The van der Waals surface area contributed by atoms with Gasteiger partial charge in [0.1, 0.15) is 5.82 Å². The second kappa shape index (κ2) is 7.45. The van der Waals surface area contributed by atoms with Gasteiger partial charge in [0.2, 0.25) is 0 Å². The number of nitrogens with zero attached hydrogens (tertiary/aromatic N) is 2. The number of aromatic nitrogens is 1. The minimum atomic E-state index is -0.555. The van der Waals surface area contributed by atoms with Crippen molar-refractivity contribution < 1.29 is 9.90 Å². The summed E-state index contributed by atoms with van der Waals surface area (Å²) in [5, 5.41) is 12.5. The van der Waals surface area contributed by atoms with Crippen LogP contribution in [0.15, 0.2) is 16.7 Å². The minimum absolute atomic E-state index is 0.159. The number of pyridine rings is 1. The fourth-order valence-electron chi connectivity index (χ4n) is 1.67. The number of amides is 1. The van der Waals surface area contributed by atoms with Crippen LogP contribution in [0.25, 0.3) is 0 Å². The van der Waals surface area contributed by atoms with Gasteiger partial charge < -0.3 is 15.3 Å². The van der Waals surface area contributed by atoms with E-state index in [0.717, 1.165) is 17.4 Å². The Balaban J connectivity index is 2.95. The number of aliphatic hydroxyl groups is 1. The van der Waals surface area contributed by atoms with Crippen LogP contribution in [-0.2, 0) is 0 Å². The van der Waals surface area contributed by atoms with Crippen molar-refractivity contribution in [2.75, 3.05) is 25.5 Å². The second-order valence-electron chi connectivity index (χ2n) is 4.51. The first-order chi connectivity index (χ1) is 8.95. The first-order valence-electron chi connectivity index (χ1n) is 6.28. The van der Waals surface area contributed by atoms with Crippen LogP contribution in [0.2, 0.25) is 0 Å². The maximum atomic E-state index is 12.3. The van der Waals surface area contributed by atoms with E-state index in [-0.39, 0.29) is 5.91 Å². The molecule has 0 aliphatic carbocycles. The van der Waals surface area contributed by atoms with Gasteiger partial charge in [0.15, 0.2) is 0 Å². The molecule has 0 aliphatic rings. The third kappa shape index (κ3) is 4.80. The zero-order valence-corrected chi connectivity index (χ0v) is 13.1. The Morgan fingerprint density at radius 2 is 2.32 bits per heavy atom. The molecule has 0 fully saturated rings. The summed E-state index contributed by atoms with van der Waals surface area (Å²) in [5.41, 5.74) is 0.506. The van der Waals surface area contributed by atoms with E-state index in [4.69, 9.17) is 0 Å². The van der Waals surface area contributed by atoms with E-state index in [1.54, 1.807) is 26.2 Å². The van der Waals surface area contributed by atoms with Crippen molar-refractivity contribution in [2.45, 2.75) is 26.4 Å². The van der Waals surface area contributed by atoms with E-state index in [1.807, 2.05) is 6.92 Å².